The molecule has 0 atom stereocenters. The highest BCUT2D eigenvalue weighted by molar-refractivity contribution is 7.20. The number of para-hydroxylation sites is 1. The highest BCUT2D eigenvalue weighted by Gasteiger charge is 2.28. The van der Waals surface area contributed by atoms with E-state index in [2.05, 4.69) is 25.9 Å². The maximum absolute atomic E-state index is 12.9. The minimum atomic E-state index is -0.138. The Labute approximate surface area is 187 Å². The van der Waals surface area contributed by atoms with Crippen LogP contribution in [0.15, 0.2) is 60.7 Å². The molecule has 1 amide bonds. The number of anilines is 1. The van der Waals surface area contributed by atoms with E-state index in [1.165, 1.54) is 11.3 Å². The maximum Gasteiger partial charge on any atom is 0.265 e. The molecule has 0 unspecified atom stereocenters. The lowest BCUT2D eigenvalue weighted by Gasteiger charge is -2.06. The topological polar surface area (TPSA) is 90.5 Å². The summed E-state index contributed by atoms with van der Waals surface area (Å²) in [7, 11) is 0. The fourth-order valence-electron chi connectivity index (χ4n) is 3.75. The fourth-order valence-corrected chi connectivity index (χ4v) is 4.83. The van der Waals surface area contributed by atoms with Gasteiger partial charge in [0.05, 0.1) is 22.3 Å². The number of carbonyl (C=O) groups is 1. The summed E-state index contributed by atoms with van der Waals surface area (Å²) in [5, 5.41) is 20.7. The van der Waals surface area contributed by atoms with Gasteiger partial charge in [0.2, 0.25) is 0 Å². The number of rotatable bonds is 5. The molecule has 5 aromatic rings. The second-order valence-corrected chi connectivity index (χ2v) is 8.90. The second kappa shape index (κ2) is 7.38. The molecule has 0 saturated heterocycles. The van der Waals surface area contributed by atoms with Gasteiger partial charge >= 0.3 is 0 Å². The van der Waals surface area contributed by atoms with Crippen LogP contribution in [-0.2, 0) is 0 Å². The van der Waals surface area contributed by atoms with Crippen molar-refractivity contribution in [3.8, 4) is 17.1 Å². The molecule has 0 bridgehead atoms. The number of aryl methyl sites for hydroxylation is 1. The number of tetrazole rings is 1. The van der Waals surface area contributed by atoms with Crippen molar-refractivity contribution in [1.82, 2.24) is 30.0 Å². The standard InChI is InChI=1S/C23H19N7OS/c1-14-19-13-20(32-23(19)30(26-14)17-5-3-2-4-6-17)22(31)24-16-9-7-15(8-10-16)21-25-27-28-29(21)18-11-12-18/h2-10,13,18H,11-12H2,1H3,(H,24,31). The number of hydrogen-bond donors (Lipinski definition) is 1. The highest BCUT2D eigenvalue weighted by atomic mass is 32.1. The summed E-state index contributed by atoms with van der Waals surface area (Å²) in [6, 6.07) is 19.9. The second-order valence-electron chi connectivity index (χ2n) is 7.87. The number of benzene rings is 2. The van der Waals surface area contributed by atoms with Crippen LogP contribution in [0.3, 0.4) is 0 Å². The highest BCUT2D eigenvalue weighted by Crippen LogP contribution is 2.36. The monoisotopic (exact) mass is 441 g/mol. The van der Waals surface area contributed by atoms with E-state index in [1.807, 2.05) is 77.0 Å². The van der Waals surface area contributed by atoms with Gasteiger partial charge in [0.1, 0.15) is 4.83 Å². The van der Waals surface area contributed by atoms with Crippen LogP contribution >= 0.6 is 11.3 Å². The predicted molar refractivity (Wildman–Crippen MR) is 123 cm³/mol. The van der Waals surface area contributed by atoms with Crippen LogP contribution in [0.1, 0.15) is 34.2 Å². The number of hydrogen-bond acceptors (Lipinski definition) is 6. The first-order valence-corrected chi connectivity index (χ1v) is 11.2. The summed E-state index contributed by atoms with van der Waals surface area (Å²) in [5.74, 6) is 0.622. The number of nitrogens with one attached hydrogen (secondary N) is 1. The number of aromatic nitrogens is 6. The van der Waals surface area contributed by atoms with Crippen molar-refractivity contribution in [2.75, 3.05) is 5.32 Å². The summed E-state index contributed by atoms with van der Waals surface area (Å²) < 4.78 is 3.77. The zero-order chi connectivity index (χ0) is 21.7. The van der Waals surface area contributed by atoms with Gasteiger partial charge < -0.3 is 5.32 Å². The summed E-state index contributed by atoms with van der Waals surface area (Å²) in [6.45, 7) is 1.96. The molecule has 6 rings (SSSR count). The Balaban J connectivity index is 1.25. The molecule has 2 aromatic carbocycles. The van der Waals surface area contributed by atoms with Crippen molar-refractivity contribution in [1.29, 1.82) is 0 Å². The van der Waals surface area contributed by atoms with E-state index < -0.39 is 0 Å². The van der Waals surface area contributed by atoms with E-state index in [-0.39, 0.29) is 5.91 Å². The normalized spacial score (nSPS) is 13.5. The van der Waals surface area contributed by atoms with E-state index >= 15 is 0 Å². The Hall–Kier alpha value is -3.85. The Morgan fingerprint density at radius 2 is 1.88 bits per heavy atom. The van der Waals surface area contributed by atoms with E-state index in [4.69, 9.17) is 0 Å². The number of fused-ring (bicyclic) bond motifs is 1. The van der Waals surface area contributed by atoms with Crippen molar-refractivity contribution in [3.05, 3.63) is 71.2 Å². The SMILES string of the molecule is Cc1nn(-c2ccccc2)c2sc(C(=O)Nc3ccc(-c4nnnn4C4CC4)cc3)cc12. The van der Waals surface area contributed by atoms with Crippen LogP contribution in [0.4, 0.5) is 5.69 Å². The van der Waals surface area contributed by atoms with Gasteiger partial charge in [-0.05, 0) is 72.7 Å². The van der Waals surface area contributed by atoms with Gasteiger partial charge in [-0.2, -0.15) is 5.10 Å². The molecule has 1 saturated carbocycles. The molecule has 1 N–H and O–H groups in total. The minimum absolute atomic E-state index is 0.138. The molecule has 32 heavy (non-hydrogen) atoms. The van der Waals surface area contributed by atoms with Crippen molar-refractivity contribution < 1.29 is 4.79 Å². The van der Waals surface area contributed by atoms with Gasteiger partial charge in [0.15, 0.2) is 5.82 Å². The average Bonchev–Trinajstić information content (AvgIpc) is 3.25. The number of nitrogens with zero attached hydrogens (tertiary/aromatic N) is 6. The third-order valence-corrected chi connectivity index (χ3v) is 6.67. The molecule has 0 spiro atoms. The Bertz CT molecular complexity index is 1430. The van der Waals surface area contributed by atoms with Crippen LogP contribution in [0.2, 0.25) is 0 Å². The summed E-state index contributed by atoms with van der Waals surface area (Å²) >= 11 is 1.44. The van der Waals surface area contributed by atoms with Crippen LogP contribution in [-0.4, -0.2) is 35.9 Å². The van der Waals surface area contributed by atoms with Crippen molar-refractivity contribution in [2.24, 2.45) is 0 Å². The summed E-state index contributed by atoms with van der Waals surface area (Å²) in [4.78, 5) is 14.5. The first-order chi connectivity index (χ1) is 15.7. The lowest BCUT2D eigenvalue weighted by Crippen LogP contribution is -2.10. The third kappa shape index (κ3) is 3.27. The lowest BCUT2D eigenvalue weighted by atomic mass is 10.2. The molecule has 3 aromatic heterocycles. The molecule has 1 fully saturated rings. The van der Waals surface area contributed by atoms with Gasteiger partial charge in [-0.15, -0.1) is 16.4 Å². The lowest BCUT2D eigenvalue weighted by molar-refractivity contribution is 0.103. The first-order valence-electron chi connectivity index (χ1n) is 10.4. The number of amides is 1. The van der Waals surface area contributed by atoms with E-state index in [9.17, 15) is 4.79 Å². The predicted octanol–water partition coefficient (Wildman–Crippen LogP) is 4.64. The molecule has 158 valence electrons. The molecule has 8 nitrogen and oxygen atoms in total. The number of carbonyl (C=O) groups excluding carboxylic acids is 1. The van der Waals surface area contributed by atoms with Crippen molar-refractivity contribution in [2.45, 2.75) is 25.8 Å². The third-order valence-electron chi connectivity index (χ3n) is 5.56. The van der Waals surface area contributed by atoms with Gasteiger partial charge in [-0.3, -0.25) is 4.79 Å². The molecule has 1 aliphatic rings. The molecular weight excluding hydrogens is 422 g/mol. The summed E-state index contributed by atoms with van der Waals surface area (Å²) in [5.41, 5.74) is 3.53. The molecule has 1 aliphatic carbocycles. The average molecular weight is 442 g/mol. The van der Waals surface area contributed by atoms with Gasteiger partial charge in [0.25, 0.3) is 5.91 Å². The Morgan fingerprint density at radius 1 is 1.09 bits per heavy atom. The quantitative estimate of drug-likeness (QED) is 0.429. The largest absolute Gasteiger partial charge is 0.321 e. The smallest absolute Gasteiger partial charge is 0.265 e. The van der Waals surface area contributed by atoms with E-state index in [0.717, 1.165) is 51.5 Å². The van der Waals surface area contributed by atoms with Crippen LogP contribution in [0.25, 0.3) is 27.3 Å². The molecule has 9 heteroatoms. The molecular formula is C23H19N7OS. The van der Waals surface area contributed by atoms with E-state index in [0.29, 0.717) is 10.9 Å². The zero-order valence-corrected chi connectivity index (χ0v) is 18.1. The van der Waals surface area contributed by atoms with Crippen LogP contribution in [0.5, 0.6) is 0 Å². The van der Waals surface area contributed by atoms with E-state index in [1.54, 1.807) is 0 Å². The van der Waals surface area contributed by atoms with Gasteiger partial charge in [-0.1, -0.05) is 18.2 Å². The summed E-state index contributed by atoms with van der Waals surface area (Å²) in [6.07, 6.45) is 2.23. The van der Waals surface area contributed by atoms with Gasteiger partial charge in [0, 0.05) is 16.6 Å². The Morgan fingerprint density at radius 3 is 2.62 bits per heavy atom. The first kappa shape index (κ1) is 18.9. The Kier molecular flexibility index (Phi) is 4.36. The fraction of sp³-hybridized carbons (Fsp3) is 0.174. The molecule has 0 aliphatic heterocycles. The molecule has 3 heterocycles. The molecule has 0 radical (unpaired) electrons. The van der Waals surface area contributed by atoms with Crippen molar-refractivity contribution in [3.63, 3.8) is 0 Å². The number of thiophene rings is 1. The zero-order valence-electron chi connectivity index (χ0n) is 17.3. The van der Waals surface area contributed by atoms with Crippen LogP contribution < -0.4 is 5.32 Å². The van der Waals surface area contributed by atoms with Gasteiger partial charge in [-0.25, -0.2) is 9.36 Å². The van der Waals surface area contributed by atoms with Crippen molar-refractivity contribution >= 4 is 33.1 Å². The maximum atomic E-state index is 12.9. The minimum Gasteiger partial charge on any atom is -0.321 e. The van der Waals surface area contributed by atoms with Crippen LogP contribution in [0, 0.1) is 6.92 Å².